The number of hydrogen-bond acceptors (Lipinski definition) is 5. The van der Waals surface area contributed by atoms with Gasteiger partial charge in [-0.15, -0.1) is 0 Å². The van der Waals surface area contributed by atoms with Crippen molar-refractivity contribution >= 4 is 11.9 Å². The lowest BCUT2D eigenvalue weighted by molar-refractivity contribution is -0.137. The number of hydrogen-bond donors (Lipinski definition) is 1. The van der Waals surface area contributed by atoms with Gasteiger partial charge in [0.15, 0.2) is 0 Å². The number of rotatable bonds is 8. The first-order chi connectivity index (χ1) is 13.3. The van der Waals surface area contributed by atoms with Gasteiger partial charge in [-0.1, -0.05) is 0 Å². The van der Waals surface area contributed by atoms with Crippen molar-refractivity contribution in [2.45, 2.75) is 20.4 Å². The van der Waals surface area contributed by atoms with Crippen LogP contribution in [0.25, 0.3) is 0 Å². The number of aliphatic carboxylic acids is 1. The van der Waals surface area contributed by atoms with E-state index in [1.807, 2.05) is 13.8 Å². The topological polar surface area (TPSA) is 85.3 Å². The summed E-state index contributed by atoms with van der Waals surface area (Å²) in [4.78, 5) is 25.7. The predicted octanol–water partition coefficient (Wildman–Crippen LogP) is 3.06. The fourth-order valence-electron chi connectivity index (χ4n) is 3.12. The van der Waals surface area contributed by atoms with Crippen molar-refractivity contribution in [1.29, 1.82) is 0 Å². The van der Waals surface area contributed by atoms with Gasteiger partial charge >= 0.3 is 5.97 Å². The number of ether oxygens (including phenoxy) is 3. The summed E-state index contributed by atoms with van der Waals surface area (Å²) in [5, 5.41) is 9.29. The van der Waals surface area contributed by atoms with Crippen LogP contribution in [0.15, 0.2) is 30.3 Å². The van der Waals surface area contributed by atoms with Crippen LogP contribution in [0.1, 0.15) is 27.0 Å². The summed E-state index contributed by atoms with van der Waals surface area (Å²) in [6.45, 7) is 3.36. The maximum absolute atomic E-state index is 13.1. The number of amides is 1. The minimum Gasteiger partial charge on any atom is -0.497 e. The van der Waals surface area contributed by atoms with Crippen LogP contribution in [0.2, 0.25) is 0 Å². The van der Waals surface area contributed by atoms with Crippen LogP contribution in [0, 0.1) is 13.8 Å². The van der Waals surface area contributed by atoms with Crippen LogP contribution in [0.4, 0.5) is 0 Å². The highest BCUT2D eigenvalue weighted by molar-refractivity contribution is 5.96. The molecule has 0 aromatic heterocycles. The Balaban J connectivity index is 2.39. The number of carbonyl (C=O) groups excluding carboxylic acids is 1. The Morgan fingerprint density at radius 1 is 0.893 bits per heavy atom. The summed E-state index contributed by atoms with van der Waals surface area (Å²) in [5.74, 6) is 0.364. The van der Waals surface area contributed by atoms with Gasteiger partial charge in [-0.3, -0.25) is 9.59 Å². The Labute approximate surface area is 164 Å². The van der Waals surface area contributed by atoms with E-state index in [0.29, 0.717) is 28.4 Å². The van der Waals surface area contributed by atoms with E-state index in [9.17, 15) is 14.7 Å². The van der Waals surface area contributed by atoms with Crippen molar-refractivity contribution in [3.05, 3.63) is 52.6 Å². The number of aryl methyl sites for hydroxylation is 2. The maximum atomic E-state index is 13.1. The summed E-state index contributed by atoms with van der Waals surface area (Å²) in [6, 6.07) is 8.61. The Hall–Kier alpha value is -3.22. The lowest BCUT2D eigenvalue weighted by Gasteiger charge is -2.22. The molecule has 28 heavy (non-hydrogen) atoms. The highest BCUT2D eigenvalue weighted by Gasteiger charge is 2.21. The molecule has 0 saturated carbocycles. The minimum atomic E-state index is -1.09. The van der Waals surface area contributed by atoms with Crippen molar-refractivity contribution in [2.24, 2.45) is 0 Å². The maximum Gasteiger partial charge on any atom is 0.323 e. The Bertz CT molecular complexity index is 832. The molecular weight excluding hydrogens is 362 g/mol. The van der Waals surface area contributed by atoms with Crippen LogP contribution in [-0.4, -0.2) is 49.8 Å². The molecule has 1 amide bonds. The van der Waals surface area contributed by atoms with Gasteiger partial charge in [0.25, 0.3) is 5.91 Å². The van der Waals surface area contributed by atoms with Crippen LogP contribution < -0.4 is 14.2 Å². The highest BCUT2D eigenvalue weighted by atomic mass is 16.5. The number of nitrogens with zero attached hydrogens (tertiary/aromatic N) is 1. The molecule has 2 aromatic carbocycles. The Morgan fingerprint density at radius 2 is 1.43 bits per heavy atom. The highest BCUT2D eigenvalue weighted by Crippen LogP contribution is 2.27. The van der Waals surface area contributed by atoms with E-state index in [4.69, 9.17) is 14.2 Å². The molecule has 0 fully saturated rings. The average Bonchev–Trinajstić information content (AvgIpc) is 2.65. The fourth-order valence-corrected chi connectivity index (χ4v) is 3.12. The second-order valence-corrected chi connectivity index (χ2v) is 6.42. The zero-order chi connectivity index (χ0) is 20.8. The van der Waals surface area contributed by atoms with E-state index >= 15 is 0 Å². The molecule has 0 bridgehead atoms. The SMILES string of the molecule is COc1cc(CN(CC(=O)O)C(=O)c2cc(C)c(OC)c(C)c2)cc(OC)c1. The summed E-state index contributed by atoms with van der Waals surface area (Å²) < 4.78 is 15.8. The normalized spacial score (nSPS) is 10.3. The zero-order valence-electron chi connectivity index (χ0n) is 16.7. The quantitative estimate of drug-likeness (QED) is 0.749. The molecule has 0 unspecified atom stereocenters. The van der Waals surface area contributed by atoms with E-state index in [0.717, 1.165) is 11.1 Å². The van der Waals surface area contributed by atoms with Crippen LogP contribution in [0.3, 0.4) is 0 Å². The third-order valence-electron chi connectivity index (χ3n) is 4.31. The van der Waals surface area contributed by atoms with Gasteiger partial charge in [0.05, 0.1) is 21.3 Å². The van der Waals surface area contributed by atoms with Crippen molar-refractivity contribution in [1.82, 2.24) is 4.90 Å². The average molecular weight is 387 g/mol. The zero-order valence-corrected chi connectivity index (χ0v) is 16.7. The first-order valence-electron chi connectivity index (χ1n) is 8.67. The summed E-state index contributed by atoms with van der Waals surface area (Å²) in [6.07, 6.45) is 0. The number of carboxylic acids is 1. The van der Waals surface area contributed by atoms with Gasteiger partial charge in [0.1, 0.15) is 23.8 Å². The lowest BCUT2D eigenvalue weighted by atomic mass is 10.0. The van der Waals surface area contributed by atoms with Gasteiger partial charge in [0.2, 0.25) is 0 Å². The molecule has 0 aliphatic heterocycles. The third kappa shape index (κ3) is 4.94. The lowest BCUT2D eigenvalue weighted by Crippen LogP contribution is -2.35. The number of carboxylic acid groups (broad SMARTS) is 1. The van der Waals surface area contributed by atoms with E-state index in [1.165, 1.54) is 19.1 Å². The van der Waals surface area contributed by atoms with Crippen molar-refractivity contribution in [2.75, 3.05) is 27.9 Å². The molecule has 0 atom stereocenters. The summed E-state index contributed by atoms with van der Waals surface area (Å²) in [5.41, 5.74) is 2.73. The smallest absolute Gasteiger partial charge is 0.323 e. The molecular formula is C21H25NO6. The molecule has 150 valence electrons. The van der Waals surface area contributed by atoms with E-state index in [-0.39, 0.29) is 12.5 Å². The third-order valence-corrected chi connectivity index (χ3v) is 4.31. The molecule has 2 aromatic rings. The molecule has 0 radical (unpaired) electrons. The Kier molecular flexibility index (Phi) is 6.87. The van der Waals surface area contributed by atoms with E-state index in [1.54, 1.807) is 37.4 Å². The number of carbonyl (C=O) groups is 2. The largest absolute Gasteiger partial charge is 0.497 e. The van der Waals surface area contributed by atoms with E-state index in [2.05, 4.69) is 0 Å². The second-order valence-electron chi connectivity index (χ2n) is 6.42. The van der Waals surface area contributed by atoms with Gasteiger partial charge < -0.3 is 24.2 Å². The predicted molar refractivity (Wildman–Crippen MR) is 104 cm³/mol. The first-order valence-corrected chi connectivity index (χ1v) is 8.67. The molecule has 2 rings (SSSR count). The number of benzene rings is 2. The fraction of sp³-hybridized carbons (Fsp3) is 0.333. The van der Waals surface area contributed by atoms with E-state index < -0.39 is 12.5 Å². The van der Waals surface area contributed by atoms with Crippen molar-refractivity contribution in [3.8, 4) is 17.2 Å². The minimum absolute atomic E-state index is 0.100. The first kappa shape index (κ1) is 21.1. The molecule has 0 saturated heterocycles. The standard InChI is InChI=1S/C21H25NO6/c1-13-6-16(7-14(2)20(13)28-5)21(25)22(12-19(23)24)11-15-8-17(26-3)10-18(9-15)27-4/h6-10H,11-12H2,1-5H3,(H,23,24). The molecule has 7 nitrogen and oxygen atoms in total. The Morgan fingerprint density at radius 3 is 1.86 bits per heavy atom. The van der Waals surface area contributed by atoms with Gasteiger partial charge in [0, 0.05) is 18.2 Å². The molecule has 0 heterocycles. The van der Waals surface area contributed by atoms with Crippen LogP contribution in [0.5, 0.6) is 17.2 Å². The molecule has 0 aliphatic carbocycles. The molecule has 1 N–H and O–H groups in total. The summed E-state index contributed by atoms with van der Waals surface area (Å²) >= 11 is 0. The molecule has 7 heteroatoms. The van der Waals surface area contributed by atoms with Crippen LogP contribution in [-0.2, 0) is 11.3 Å². The number of methoxy groups -OCH3 is 3. The summed E-state index contributed by atoms with van der Waals surface area (Å²) in [7, 11) is 4.63. The van der Waals surface area contributed by atoms with Crippen molar-refractivity contribution < 1.29 is 28.9 Å². The van der Waals surface area contributed by atoms with Gasteiger partial charge in [-0.25, -0.2) is 0 Å². The van der Waals surface area contributed by atoms with Gasteiger partial charge in [-0.05, 0) is 54.8 Å². The van der Waals surface area contributed by atoms with Crippen LogP contribution >= 0.6 is 0 Å². The second kappa shape index (κ2) is 9.12. The van der Waals surface area contributed by atoms with Gasteiger partial charge in [-0.2, -0.15) is 0 Å². The monoisotopic (exact) mass is 387 g/mol. The molecule has 0 spiro atoms. The van der Waals surface area contributed by atoms with Crippen molar-refractivity contribution in [3.63, 3.8) is 0 Å². The molecule has 0 aliphatic rings.